The number of hydrogen-bond acceptors (Lipinski definition) is 3. The van der Waals surface area contributed by atoms with E-state index in [1.54, 1.807) is 4.57 Å². The van der Waals surface area contributed by atoms with Gasteiger partial charge in [0.25, 0.3) is 5.69 Å². The van der Waals surface area contributed by atoms with Gasteiger partial charge >= 0.3 is 6.18 Å². The van der Waals surface area contributed by atoms with Gasteiger partial charge in [0.15, 0.2) is 0 Å². The Morgan fingerprint density at radius 3 is 2.48 bits per heavy atom. The Labute approximate surface area is 118 Å². The predicted molar refractivity (Wildman–Crippen MR) is 71.1 cm³/mol. The van der Waals surface area contributed by atoms with E-state index < -0.39 is 22.4 Å². The molecule has 0 atom stereocenters. The summed E-state index contributed by atoms with van der Waals surface area (Å²) in [5.74, 6) is 0.550. The average molecular weight is 301 g/mol. The van der Waals surface area contributed by atoms with Gasteiger partial charge in [-0.25, -0.2) is 4.98 Å². The average Bonchev–Trinajstić information content (AvgIpc) is 2.75. The molecule has 114 valence electrons. The lowest BCUT2D eigenvalue weighted by Gasteiger charge is -2.09. The third kappa shape index (κ3) is 2.70. The molecule has 5 nitrogen and oxygen atoms in total. The van der Waals surface area contributed by atoms with Crippen LogP contribution >= 0.6 is 0 Å². The maximum Gasteiger partial charge on any atom is 0.416 e. The second-order valence-electron chi connectivity index (χ2n) is 4.65. The van der Waals surface area contributed by atoms with E-state index in [9.17, 15) is 23.3 Å². The van der Waals surface area contributed by atoms with Gasteiger partial charge < -0.3 is 4.57 Å². The third-order valence-corrected chi connectivity index (χ3v) is 3.19. The van der Waals surface area contributed by atoms with E-state index in [0.29, 0.717) is 31.3 Å². The van der Waals surface area contributed by atoms with Crippen LogP contribution in [-0.2, 0) is 19.1 Å². The zero-order chi connectivity index (χ0) is 15.8. The summed E-state index contributed by atoms with van der Waals surface area (Å²) in [5.41, 5.74) is -1.43. The molecule has 0 aliphatic rings. The Kier molecular flexibility index (Phi) is 3.89. The Balaban J connectivity index is 2.84. The number of nitro groups is 1. The number of alkyl halides is 3. The van der Waals surface area contributed by atoms with Crippen molar-refractivity contribution in [2.75, 3.05) is 0 Å². The molecule has 0 aliphatic carbocycles. The summed E-state index contributed by atoms with van der Waals surface area (Å²) in [7, 11) is 0. The first-order valence-corrected chi connectivity index (χ1v) is 6.54. The molecule has 0 aliphatic heterocycles. The molecule has 0 spiro atoms. The highest BCUT2D eigenvalue weighted by atomic mass is 19.4. The quantitative estimate of drug-likeness (QED) is 0.635. The fourth-order valence-corrected chi connectivity index (χ4v) is 2.33. The number of halogens is 3. The van der Waals surface area contributed by atoms with Gasteiger partial charge in [0.1, 0.15) is 11.3 Å². The molecule has 2 aromatic rings. The minimum Gasteiger partial charge on any atom is -0.322 e. The van der Waals surface area contributed by atoms with Crippen molar-refractivity contribution in [1.29, 1.82) is 0 Å². The fourth-order valence-electron chi connectivity index (χ4n) is 2.33. The molecule has 1 aromatic carbocycles. The number of imidazole rings is 1. The van der Waals surface area contributed by atoms with Crippen molar-refractivity contribution in [1.82, 2.24) is 9.55 Å². The van der Waals surface area contributed by atoms with Crippen LogP contribution in [0.25, 0.3) is 11.0 Å². The first kappa shape index (κ1) is 15.3. The van der Waals surface area contributed by atoms with Gasteiger partial charge in [0, 0.05) is 19.0 Å². The van der Waals surface area contributed by atoms with E-state index >= 15 is 0 Å². The maximum atomic E-state index is 12.8. The monoisotopic (exact) mass is 301 g/mol. The lowest BCUT2D eigenvalue weighted by Crippen LogP contribution is -2.07. The zero-order valence-corrected chi connectivity index (χ0v) is 11.6. The number of aromatic nitrogens is 2. The molecule has 0 radical (unpaired) electrons. The highest BCUT2D eigenvalue weighted by Crippen LogP contribution is 2.36. The molecule has 21 heavy (non-hydrogen) atoms. The van der Waals surface area contributed by atoms with E-state index in [4.69, 9.17) is 0 Å². The topological polar surface area (TPSA) is 61.0 Å². The van der Waals surface area contributed by atoms with Gasteiger partial charge in [-0.3, -0.25) is 10.1 Å². The predicted octanol–water partition coefficient (Wildman–Crippen LogP) is 3.94. The summed E-state index contributed by atoms with van der Waals surface area (Å²) < 4.78 is 40.2. The number of aryl methyl sites for hydroxylation is 2. The summed E-state index contributed by atoms with van der Waals surface area (Å²) in [5, 5.41) is 11.1. The van der Waals surface area contributed by atoms with Gasteiger partial charge in [-0.1, -0.05) is 13.8 Å². The van der Waals surface area contributed by atoms with Crippen LogP contribution in [-0.4, -0.2) is 14.5 Å². The van der Waals surface area contributed by atoms with Crippen molar-refractivity contribution in [3.05, 3.63) is 33.6 Å². The SMILES string of the molecule is CCCn1c(CC)nc2cc(C(F)(F)F)cc([N+](=O)[O-])c21. The molecule has 2 rings (SSSR count). The van der Waals surface area contributed by atoms with Crippen LogP contribution in [0, 0.1) is 10.1 Å². The van der Waals surface area contributed by atoms with Crippen molar-refractivity contribution in [3.63, 3.8) is 0 Å². The van der Waals surface area contributed by atoms with Crippen LogP contribution in [0.4, 0.5) is 18.9 Å². The van der Waals surface area contributed by atoms with Crippen molar-refractivity contribution < 1.29 is 18.1 Å². The van der Waals surface area contributed by atoms with Gasteiger partial charge in [0.2, 0.25) is 0 Å². The highest BCUT2D eigenvalue weighted by Gasteiger charge is 2.34. The summed E-state index contributed by atoms with van der Waals surface area (Å²) >= 11 is 0. The van der Waals surface area contributed by atoms with Crippen LogP contribution < -0.4 is 0 Å². The number of non-ortho nitro benzene ring substituents is 1. The first-order chi connectivity index (χ1) is 9.79. The summed E-state index contributed by atoms with van der Waals surface area (Å²) in [6, 6.07) is 1.45. The van der Waals surface area contributed by atoms with Gasteiger partial charge in [-0.15, -0.1) is 0 Å². The second kappa shape index (κ2) is 5.34. The normalized spacial score (nSPS) is 12.0. The summed E-state index contributed by atoms with van der Waals surface area (Å²) in [4.78, 5) is 14.5. The molecule has 1 heterocycles. The number of benzene rings is 1. The molecule has 0 N–H and O–H groups in total. The smallest absolute Gasteiger partial charge is 0.322 e. The Morgan fingerprint density at radius 1 is 1.33 bits per heavy atom. The molecule has 0 bridgehead atoms. The molecule has 0 amide bonds. The number of rotatable bonds is 4. The highest BCUT2D eigenvalue weighted by molar-refractivity contribution is 5.86. The van der Waals surface area contributed by atoms with Crippen molar-refractivity contribution >= 4 is 16.7 Å². The Morgan fingerprint density at radius 2 is 2.00 bits per heavy atom. The van der Waals surface area contributed by atoms with Crippen LogP contribution in [0.3, 0.4) is 0 Å². The van der Waals surface area contributed by atoms with Crippen LogP contribution in [0.15, 0.2) is 12.1 Å². The number of hydrogen-bond donors (Lipinski definition) is 0. The fraction of sp³-hybridized carbons (Fsp3) is 0.462. The van der Waals surface area contributed by atoms with Crippen LogP contribution in [0.2, 0.25) is 0 Å². The molecular weight excluding hydrogens is 287 g/mol. The van der Waals surface area contributed by atoms with Crippen LogP contribution in [0.5, 0.6) is 0 Å². The summed E-state index contributed by atoms with van der Waals surface area (Å²) in [6.45, 7) is 4.18. The standard InChI is InChI=1S/C13H14F3N3O2/c1-3-5-18-11(4-2)17-9-6-8(13(14,15)16)7-10(12(9)18)19(20)21/h6-7H,3-5H2,1-2H3. The second-order valence-corrected chi connectivity index (χ2v) is 4.65. The number of nitrogens with zero attached hydrogens (tertiary/aromatic N) is 3. The number of nitro benzene ring substituents is 1. The first-order valence-electron chi connectivity index (χ1n) is 6.54. The molecular formula is C13H14F3N3O2. The zero-order valence-electron chi connectivity index (χ0n) is 11.6. The van der Waals surface area contributed by atoms with Crippen LogP contribution in [0.1, 0.15) is 31.7 Å². The van der Waals surface area contributed by atoms with E-state index in [1.807, 2.05) is 13.8 Å². The molecule has 0 fully saturated rings. The van der Waals surface area contributed by atoms with E-state index in [0.717, 1.165) is 6.07 Å². The third-order valence-electron chi connectivity index (χ3n) is 3.19. The Bertz CT molecular complexity index is 692. The molecule has 8 heteroatoms. The van der Waals surface area contributed by atoms with E-state index in [1.165, 1.54) is 0 Å². The molecule has 0 unspecified atom stereocenters. The largest absolute Gasteiger partial charge is 0.416 e. The van der Waals surface area contributed by atoms with Gasteiger partial charge in [0.05, 0.1) is 16.0 Å². The van der Waals surface area contributed by atoms with E-state index in [2.05, 4.69) is 4.98 Å². The molecule has 0 saturated heterocycles. The Hall–Kier alpha value is -2.12. The molecule has 1 aromatic heterocycles. The lowest BCUT2D eigenvalue weighted by atomic mass is 10.1. The summed E-state index contributed by atoms with van der Waals surface area (Å²) in [6.07, 6.45) is -3.44. The van der Waals surface area contributed by atoms with Crippen molar-refractivity contribution in [3.8, 4) is 0 Å². The maximum absolute atomic E-state index is 12.8. The minimum atomic E-state index is -4.64. The number of fused-ring (bicyclic) bond motifs is 1. The van der Waals surface area contributed by atoms with E-state index in [-0.39, 0.29) is 11.0 Å². The molecule has 0 saturated carbocycles. The minimum absolute atomic E-state index is 0.0156. The van der Waals surface area contributed by atoms with Gasteiger partial charge in [-0.05, 0) is 12.5 Å². The van der Waals surface area contributed by atoms with Crippen molar-refractivity contribution in [2.24, 2.45) is 0 Å². The lowest BCUT2D eigenvalue weighted by molar-refractivity contribution is -0.383. The van der Waals surface area contributed by atoms with Gasteiger partial charge in [-0.2, -0.15) is 13.2 Å². The van der Waals surface area contributed by atoms with Crippen molar-refractivity contribution in [2.45, 2.75) is 39.4 Å².